The monoisotopic (exact) mass is 323 g/mol. The zero-order valence-corrected chi connectivity index (χ0v) is 14.0. The van der Waals surface area contributed by atoms with Crippen LogP contribution in [0.25, 0.3) is 0 Å². The lowest BCUT2D eigenvalue weighted by Gasteiger charge is -2.23. The summed E-state index contributed by atoms with van der Waals surface area (Å²) in [6.07, 6.45) is -0.923. The van der Waals surface area contributed by atoms with Gasteiger partial charge in [-0.05, 0) is 33.3 Å². The van der Waals surface area contributed by atoms with Crippen LogP contribution >= 0.6 is 0 Å². The molecule has 2 atom stereocenters. The molecular formula is C17H25NO5. The Balaban J connectivity index is 2.48. The maximum atomic E-state index is 11.7. The van der Waals surface area contributed by atoms with Gasteiger partial charge in [-0.25, -0.2) is 9.59 Å². The number of hydrogen-bond acceptors (Lipinski definition) is 4. The number of amides is 1. The van der Waals surface area contributed by atoms with Gasteiger partial charge in [-0.15, -0.1) is 0 Å². The Hall–Kier alpha value is -2.08. The van der Waals surface area contributed by atoms with Crippen LogP contribution in [0.3, 0.4) is 0 Å². The normalized spacial score (nSPS) is 13.9. The molecule has 128 valence electrons. The maximum absolute atomic E-state index is 11.7. The molecular weight excluding hydrogens is 298 g/mol. The summed E-state index contributed by atoms with van der Waals surface area (Å²) in [7, 11) is 0. The molecule has 23 heavy (non-hydrogen) atoms. The first-order valence-corrected chi connectivity index (χ1v) is 7.55. The number of carbonyl (C=O) groups is 2. The van der Waals surface area contributed by atoms with Gasteiger partial charge in [-0.2, -0.15) is 0 Å². The molecule has 6 nitrogen and oxygen atoms in total. The molecule has 0 heterocycles. The van der Waals surface area contributed by atoms with Crippen molar-refractivity contribution >= 4 is 12.1 Å². The molecule has 1 aromatic carbocycles. The zero-order valence-electron chi connectivity index (χ0n) is 14.0. The number of nitrogens with one attached hydrogen (secondary N) is 1. The highest BCUT2D eigenvalue weighted by molar-refractivity contribution is 5.80. The fourth-order valence-corrected chi connectivity index (χ4v) is 1.88. The summed E-state index contributed by atoms with van der Waals surface area (Å²) in [5.41, 5.74) is 0.328. The number of carboxylic acids is 1. The van der Waals surface area contributed by atoms with Crippen molar-refractivity contribution in [1.29, 1.82) is 0 Å². The van der Waals surface area contributed by atoms with Crippen LogP contribution in [-0.4, -0.2) is 34.9 Å². The molecule has 0 bridgehead atoms. The van der Waals surface area contributed by atoms with Crippen molar-refractivity contribution in [3.05, 3.63) is 35.9 Å². The van der Waals surface area contributed by atoms with Crippen LogP contribution in [0, 0.1) is 0 Å². The summed E-state index contributed by atoms with van der Waals surface area (Å²) < 4.78 is 10.7. The number of rotatable bonds is 7. The number of hydrogen-bond donors (Lipinski definition) is 2. The number of benzene rings is 1. The van der Waals surface area contributed by atoms with Crippen LogP contribution in [0.4, 0.5) is 4.79 Å². The number of alkyl carbamates (subject to hydrolysis) is 1. The van der Waals surface area contributed by atoms with Gasteiger partial charge in [0.05, 0.1) is 12.7 Å². The van der Waals surface area contributed by atoms with Crippen LogP contribution in [-0.2, 0) is 20.9 Å². The highest BCUT2D eigenvalue weighted by Crippen LogP contribution is 2.10. The molecule has 0 fully saturated rings. The molecule has 0 spiro atoms. The van der Waals surface area contributed by atoms with E-state index < -0.39 is 23.7 Å². The fraction of sp³-hybridized carbons (Fsp3) is 0.529. The molecule has 0 aliphatic heterocycles. The van der Waals surface area contributed by atoms with Crippen molar-refractivity contribution in [2.45, 2.75) is 58.5 Å². The Bertz CT molecular complexity index is 509. The van der Waals surface area contributed by atoms with E-state index in [4.69, 9.17) is 9.47 Å². The molecule has 1 aromatic rings. The van der Waals surface area contributed by atoms with Crippen LogP contribution in [0.5, 0.6) is 0 Å². The van der Waals surface area contributed by atoms with Crippen LogP contribution in [0.15, 0.2) is 30.3 Å². The van der Waals surface area contributed by atoms with Gasteiger partial charge in [0.25, 0.3) is 0 Å². The second kappa shape index (κ2) is 8.53. The van der Waals surface area contributed by atoms with E-state index in [2.05, 4.69) is 5.32 Å². The van der Waals surface area contributed by atoms with E-state index in [-0.39, 0.29) is 12.5 Å². The smallest absolute Gasteiger partial charge is 0.408 e. The Morgan fingerprint density at radius 2 is 1.83 bits per heavy atom. The third kappa shape index (κ3) is 8.21. The number of carbonyl (C=O) groups excluding carboxylic acids is 1. The quantitative estimate of drug-likeness (QED) is 0.806. The molecule has 0 aliphatic rings. The first-order chi connectivity index (χ1) is 10.7. The van der Waals surface area contributed by atoms with Gasteiger partial charge in [0.15, 0.2) is 0 Å². The number of aliphatic carboxylic acids is 1. The van der Waals surface area contributed by atoms with Crippen molar-refractivity contribution in [3.8, 4) is 0 Å². The summed E-state index contributed by atoms with van der Waals surface area (Å²) >= 11 is 0. The molecule has 6 heteroatoms. The molecule has 0 radical (unpaired) electrons. The van der Waals surface area contributed by atoms with Crippen molar-refractivity contribution in [3.63, 3.8) is 0 Å². The Morgan fingerprint density at radius 3 is 2.35 bits per heavy atom. The highest BCUT2D eigenvalue weighted by atomic mass is 16.6. The van der Waals surface area contributed by atoms with Crippen LogP contribution < -0.4 is 5.32 Å². The number of ether oxygens (including phenoxy) is 2. The van der Waals surface area contributed by atoms with Gasteiger partial charge in [-0.3, -0.25) is 0 Å². The molecule has 1 amide bonds. The van der Waals surface area contributed by atoms with E-state index in [0.717, 1.165) is 5.56 Å². The topological polar surface area (TPSA) is 84.9 Å². The third-order valence-electron chi connectivity index (χ3n) is 2.93. The van der Waals surface area contributed by atoms with E-state index in [1.165, 1.54) is 0 Å². The zero-order chi connectivity index (χ0) is 17.5. The largest absolute Gasteiger partial charge is 0.480 e. The van der Waals surface area contributed by atoms with Gasteiger partial charge < -0.3 is 19.9 Å². The molecule has 0 saturated carbocycles. The van der Waals surface area contributed by atoms with Crippen molar-refractivity contribution in [2.24, 2.45) is 0 Å². The van der Waals surface area contributed by atoms with Gasteiger partial charge in [-0.1, -0.05) is 30.3 Å². The minimum atomic E-state index is -1.12. The molecule has 0 aliphatic carbocycles. The lowest BCUT2D eigenvalue weighted by Crippen LogP contribution is -2.45. The van der Waals surface area contributed by atoms with E-state index in [9.17, 15) is 14.7 Å². The maximum Gasteiger partial charge on any atom is 0.408 e. The minimum Gasteiger partial charge on any atom is -0.480 e. The Morgan fingerprint density at radius 1 is 1.22 bits per heavy atom. The minimum absolute atomic E-state index is 0.154. The van der Waals surface area contributed by atoms with Crippen molar-refractivity contribution < 1.29 is 24.2 Å². The van der Waals surface area contributed by atoms with E-state index >= 15 is 0 Å². The second-order valence-electron chi connectivity index (χ2n) is 6.38. The first kappa shape index (κ1) is 19.0. The van der Waals surface area contributed by atoms with Gasteiger partial charge in [0.1, 0.15) is 11.6 Å². The summed E-state index contributed by atoms with van der Waals surface area (Å²) in [5.74, 6) is -1.12. The first-order valence-electron chi connectivity index (χ1n) is 7.55. The summed E-state index contributed by atoms with van der Waals surface area (Å²) in [5, 5.41) is 11.6. The van der Waals surface area contributed by atoms with Gasteiger partial charge >= 0.3 is 12.1 Å². The Kier molecular flexibility index (Phi) is 7.03. The van der Waals surface area contributed by atoms with Gasteiger partial charge in [0, 0.05) is 6.42 Å². The van der Waals surface area contributed by atoms with Gasteiger partial charge in [0.2, 0.25) is 0 Å². The van der Waals surface area contributed by atoms with E-state index in [1.54, 1.807) is 27.7 Å². The summed E-state index contributed by atoms with van der Waals surface area (Å²) in [6, 6.07) is 8.54. The molecule has 2 unspecified atom stereocenters. The lowest BCUT2D eigenvalue weighted by molar-refractivity contribution is -0.140. The van der Waals surface area contributed by atoms with Crippen LogP contribution in [0.2, 0.25) is 0 Å². The highest BCUT2D eigenvalue weighted by Gasteiger charge is 2.25. The van der Waals surface area contributed by atoms with E-state index in [0.29, 0.717) is 6.61 Å². The van der Waals surface area contributed by atoms with Crippen molar-refractivity contribution in [2.75, 3.05) is 0 Å². The summed E-state index contributed by atoms with van der Waals surface area (Å²) in [6.45, 7) is 7.31. The summed E-state index contributed by atoms with van der Waals surface area (Å²) in [4.78, 5) is 23.0. The van der Waals surface area contributed by atoms with Crippen molar-refractivity contribution in [1.82, 2.24) is 5.32 Å². The molecule has 1 rings (SSSR count). The SMILES string of the molecule is CC(CC(NC(=O)OC(C)(C)C)C(=O)O)OCc1ccccc1. The lowest BCUT2D eigenvalue weighted by atomic mass is 10.1. The Labute approximate surface area is 136 Å². The predicted octanol–water partition coefficient (Wildman–Crippen LogP) is 2.96. The molecule has 0 aromatic heterocycles. The molecule has 0 saturated heterocycles. The standard InChI is InChI=1S/C17H25NO5/c1-12(22-11-13-8-6-5-7-9-13)10-14(15(19)20)18-16(21)23-17(2,3)4/h5-9,12,14H,10-11H2,1-4H3,(H,18,21)(H,19,20). The fourth-order valence-electron chi connectivity index (χ4n) is 1.88. The average Bonchev–Trinajstić information content (AvgIpc) is 2.43. The number of carboxylic acid groups (broad SMARTS) is 1. The predicted molar refractivity (Wildman–Crippen MR) is 86.1 cm³/mol. The van der Waals surface area contributed by atoms with E-state index in [1.807, 2.05) is 30.3 Å². The average molecular weight is 323 g/mol. The third-order valence-corrected chi connectivity index (χ3v) is 2.93. The van der Waals surface area contributed by atoms with Crippen LogP contribution in [0.1, 0.15) is 39.7 Å². The molecule has 2 N–H and O–H groups in total. The second-order valence-corrected chi connectivity index (χ2v) is 6.38.